The van der Waals surface area contributed by atoms with Gasteiger partial charge in [0.1, 0.15) is 24.8 Å². The molecule has 2 aromatic carbocycles. The predicted molar refractivity (Wildman–Crippen MR) is 122 cm³/mol. The molecular formula is C26H28N2O5. The summed E-state index contributed by atoms with van der Waals surface area (Å²) in [5, 5.41) is 2.82. The van der Waals surface area contributed by atoms with Crippen LogP contribution in [0.5, 0.6) is 0 Å². The van der Waals surface area contributed by atoms with Crippen molar-refractivity contribution in [1.29, 1.82) is 0 Å². The Morgan fingerprint density at radius 2 is 1.82 bits per heavy atom. The predicted octanol–water partition coefficient (Wildman–Crippen LogP) is 2.57. The van der Waals surface area contributed by atoms with Crippen molar-refractivity contribution in [2.75, 3.05) is 13.2 Å². The average molecular weight is 449 g/mol. The summed E-state index contributed by atoms with van der Waals surface area (Å²) in [5.41, 5.74) is 1.85. The van der Waals surface area contributed by atoms with Gasteiger partial charge >= 0.3 is 5.97 Å². The highest BCUT2D eigenvalue weighted by molar-refractivity contribution is 5.93. The molecule has 2 aliphatic heterocycles. The normalized spacial score (nSPS) is 22.3. The minimum Gasteiger partial charge on any atom is -0.460 e. The van der Waals surface area contributed by atoms with Crippen LogP contribution in [0.2, 0.25) is 0 Å². The fourth-order valence-corrected chi connectivity index (χ4v) is 4.22. The van der Waals surface area contributed by atoms with Crippen molar-refractivity contribution in [3.63, 3.8) is 0 Å². The fourth-order valence-electron chi connectivity index (χ4n) is 4.22. The molecule has 2 saturated heterocycles. The number of amides is 2. The van der Waals surface area contributed by atoms with Crippen molar-refractivity contribution >= 4 is 17.8 Å². The summed E-state index contributed by atoms with van der Waals surface area (Å²) in [6.07, 6.45) is 2.19. The molecule has 2 amide bonds. The second kappa shape index (κ2) is 10.4. The molecule has 2 aromatic rings. The summed E-state index contributed by atoms with van der Waals surface area (Å²) < 4.78 is 10.8. The van der Waals surface area contributed by atoms with E-state index in [2.05, 4.69) is 11.9 Å². The minimum atomic E-state index is -0.855. The van der Waals surface area contributed by atoms with E-state index in [-0.39, 0.29) is 24.5 Å². The second-order valence-electron chi connectivity index (χ2n) is 8.25. The maximum Gasteiger partial charge on any atom is 0.329 e. The highest BCUT2D eigenvalue weighted by Crippen LogP contribution is 2.40. The van der Waals surface area contributed by atoms with Gasteiger partial charge in [-0.05, 0) is 24.0 Å². The monoisotopic (exact) mass is 448 g/mol. The first-order valence-corrected chi connectivity index (χ1v) is 11.2. The van der Waals surface area contributed by atoms with Gasteiger partial charge in [-0.15, -0.1) is 0 Å². The summed E-state index contributed by atoms with van der Waals surface area (Å²) in [4.78, 5) is 40.4. The van der Waals surface area contributed by atoms with Gasteiger partial charge < -0.3 is 19.7 Å². The Hall–Kier alpha value is -3.45. The summed E-state index contributed by atoms with van der Waals surface area (Å²) in [6.45, 7) is 4.11. The number of nitrogens with one attached hydrogen (secondary N) is 1. The number of carbonyl (C=O) groups is 3. The zero-order chi connectivity index (χ0) is 23.2. The van der Waals surface area contributed by atoms with Crippen LogP contribution in [0.25, 0.3) is 0 Å². The van der Waals surface area contributed by atoms with Crippen LogP contribution in [0.3, 0.4) is 0 Å². The first-order valence-electron chi connectivity index (χ1n) is 11.2. The molecule has 0 aromatic heterocycles. The lowest BCUT2D eigenvalue weighted by molar-refractivity contribution is -0.147. The maximum absolute atomic E-state index is 13.2. The first-order chi connectivity index (χ1) is 16.1. The molecule has 0 radical (unpaired) electrons. The van der Waals surface area contributed by atoms with Crippen LogP contribution in [0.4, 0.5) is 0 Å². The zero-order valence-electron chi connectivity index (χ0n) is 18.4. The van der Waals surface area contributed by atoms with E-state index in [1.165, 1.54) is 6.08 Å². The zero-order valence-corrected chi connectivity index (χ0v) is 18.4. The maximum atomic E-state index is 13.2. The highest BCUT2D eigenvalue weighted by atomic mass is 16.6. The van der Waals surface area contributed by atoms with Crippen molar-refractivity contribution in [3.8, 4) is 0 Å². The number of esters is 1. The molecule has 7 nitrogen and oxygen atoms in total. The van der Waals surface area contributed by atoms with Gasteiger partial charge in [-0.2, -0.15) is 0 Å². The topological polar surface area (TPSA) is 88.2 Å². The molecule has 33 heavy (non-hydrogen) atoms. The van der Waals surface area contributed by atoms with E-state index in [1.54, 1.807) is 4.90 Å². The molecule has 4 atom stereocenters. The highest BCUT2D eigenvalue weighted by Gasteiger charge is 2.50. The number of hydrogen-bond acceptors (Lipinski definition) is 5. The van der Waals surface area contributed by atoms with Crippen LogP contribution in [0, 0.1) is 0 Å². The number of nitrogens with zero attached hydrogens (tertiary/aromatic N) is 1. The van der Waals surface area contributed by atoms with Crippen molar-refractivity contribution < 1.29 is 23.9 Å². The molecule has 4 rings (SSSR count). The smallest absolute Gasteiger partial charge is 0.329 e. The third kappa shape index (κ3) is 5.49. The number of hydrogen-bond donors (Lipinski definition) is 1. The molecule has 1 N–H and O–H groups in total. The van der Waals surface area contributed by atoms with Crippen LogP contribution in [0.1, 0.15) is 30.1 Å². The SMILES string of the molecule is C=CCOC(=O)[C@@H](Cc1ccccc1)NC(=O)[C@@H]1CCCN1C(=O)[C@@H]1O[C@H]1c1ccccc1. The third-order valence-corrected chi connectivity index (χ3v) is 5.93. The Kier molecular flexibility index (Phi) is 7.19. The Morgan fingerprint density at radius 1 is 1.12 bits per heavy atom. The van der Waals surface area contributed by atoms with E-state index < -0.39 is 24.2 Å². The Balaban J connectivity index is 1.41. The van der Waals surface area contributed by atoms with Crippen molar-refractivity contribution in [2.24, 2.45) is 0 Å². The van der Waals surface area contributed by atoms with Gasteiger partial charge in [0.05, 0.1) is 0 Å². The lowest BCUT2D eigenvalue weighted by Gasteiger charge is -2.26. The molecule has 7 heteroatoms. The molecule has 0 spiro atoms. The largest absolute Gasteiger partial charge is 0.460 e. The Labute approximate surface area is 193 Å². The van der Waals surface area contributed by atoms with Crippen molar-refractivity contribution in [2.45, 2.75) is 43.6 Å². The van der Waals surface area contributed by atoms with E-state index in [1.807, 2.05) is 60.7 Å². The number of ether oxygens (including phenoxy) is 2. The Bertz CT molecular complexity index is 994. The van der Waals surface area contributed by atoms with E-state index in [4.69, 9.17) is 9.47 Å². The number of carbonyl (C=O) groups excluding carboxylic acids is 3. The van der Waals surface area contributed by atoms with Crippen molar-refractivity contribution in [1.82, 2.24) is 10.2 Å². The average Bonchev–Trinajstić information content (AvgIpc) is 3.50. The minimum absolute atomic E-state index is 0.0634. The standard InChI is InChI=1S/C26H28N2O5/c1-2-16-32-26(31)20(17-18-10-5-3-6-11-18)27-24(29)21-14-9-15-28(21)25(30)23-22(33-23)19-12-7-4-8-13-19/h2-8,10-13,20-23H,1,9,14-17H2,(H,27,29)/t20-,21+,22+,23-/m1/s1. The van der Waals surface area contributed by atoms with E-state index in [0.717, 1.165) is 17.5 Å². The van der Waals surface area contributed by atoms with Crippen molar-refractivity contribution in [3.05, 3.63) is 84.4 Å². The molecular weight excluding hydrogens is 420 g/mol. The van der Waals surface area contributed by atoms with Crippen LogP contribution in [-0.2, 0) is 30.3 Å². The van der Waals surface area contributed by atoms with E-state index in [9.17, 15) is 14.4 Å². The van der Waals surface area contributed by atoms with Crippen LogP contribution >= 0.6 is 0 Å². The van der Waals surface area contributed by atoms with Gasteiger partial charge in [-0.3, -0.25) is 9.59 Å². The first kappa shape index (κ1) is 22.7. The third-order valence-electron chi connectivity index (χ3n) is 5.93. The molecule has 172 valence electrons. The Morgan fingerprint density at radius 3 is 2.52 bits per heavy atom. The lowest BCUT2D eigenvalue weighted by Crippen LogP contribution is -2.52. The quantitative estimate of drug-likeness (QED) is 0.362. The van der Waals surface area contributed by atoms with E-state index >= 15 is 0 Å². The summed E-state index contributed by atoms with van der Waals surface area (Å²) in [5.74, 6) is -1.07. The summed E-state index contributed by atoms with van der Waals surface area (Å²) in [6, 6.07) is 17.5. The second-order valence-corrected chi connectivity index (χ2v) is 8.25. The molecule has 0 bridgehead atoms. The number of rotatable bonds is 9. The number of epoxide rings is 1. The van der Waals surface area contributed by atoms with Gasteiger partial charge in [-0.1, -0.05) is 73.3 Å². The summed E-state index contributed by atoms with van der Waals surface area (Å²) in [7, 11) is 0. The van der Waals surface area contributed by atoms with Crippen LogP contribution in [-0.4, -0.2) is 54.0 Å². The van der Waals surface area contributed by atoms with Gasteiger partial charge in [0.2, 0.25) is 5.91 Å². The molecule has 0 aliphatic carbocycles. The molecule has 2 heterocycles. The number of benzene rings is 2. The van der Waals surface area contributed by atoms with Gasteiger partial charge in [0, 0.05) is 13.0 Å². The van der Waals surface area contributed by atoms with Crippen LogP contribution < -0.4 is 5.32 Å². The number of likely N-dealkylation sites (tertiary alicyclic amines) is 1. The summed E-state index contributed by atoms with van der Waals surface area (Å²) >= 11 is 0. The molecule has 0 saturated carbocycles. The van der Waals surface area contributed by atoms with Gasteiger partial charge in [-0.25, -0.2) is 4.79 Å². The molecule has 0 unspecified atom stereocenters. The molecule has 2 aliphatic rings. The molecule has 2 fully saturated rings. The fraction of sp³-hybridized carbons (Fsp3) is 0.346. The van der Waals surface area contributed by atoms with E-state index in [0.29, 0.717) is 19.4 Å². The van der Waals surface area contributed by atoms with Gasteiger partial charge in [0.15, 0.2) is 6.10 Å². The van der Waals surface area contributed by atoms with Gasteiger partial charge in [0.25, 0.3) is 5.91 Å². The van der Waals surface area contributed by atoms with Crippen LogP contribution in [0.15, 0.2) is 73.3 Å². The lowest BCUT2D eigenvalue weighted by atomic mass is 10.0.